The number of benzene rings is 2. The molecule has 0 radical (unpaired) electrons. The van der Waals surface area contributed by atoms with Crippen LogP contribution >= 0.6 is 0 Å². The number of halogens is 3. The van der Waals surface area contributed by atoms with E-state index in [0.29, 0.717) is 12.0 Å². The van der Waals surface area contributed by atoms with Crippen LogP contribution in [0.5, 0.6) is 0 Å². The zero-order valence-corrected chi connectivity index (χ0v) is 22.3. The predicted octanol–water partition coefficient (Wildman–Crippen LogP) is 7.33. The molecular weight excluding hydrogens is 491 g/mol. The molecule has 1 saturated carbocycles. The zero-order valence-electron chi connectivity index (χ0n) is 22.3. The average molecular weight is 526 g/mol. The number of terminal acetylenes is 1. The highest BCUT2D eigenvalue weighted by Crippen LogP contribution is 2.57. The minimum atomic E-state index is -4.60. The Hall–Kier alpha value is -3.27. The minimum absolute atomic E-state index is 0.00708. The van der Waals surface area contributed by atoms with E-state index in [0.717, 1.165) is 48.4 Å². The largest absolute Gasteiger partial charge is 0.481 e. The Morgan fingerprint density at radius 3 is 2.55 bits per heavy atom. The van der Waals surface area contributed by atoms with Gasteiger partial charge in [0.1, 0.15) is 5.71 Å². The van der Waals surface area contributed by atoms with Crippen molar-refractivity contribution in [2.24, 2.45) is 16.5 Å². The van der Waals surface area contributed by atoms with Gasteiger partial charge in [-0.3, -0.25) is 4.79 Å². The first-order chi connectivity index (χ1) is 17.8. The standard InChI is InChI=1S/C31H34F3NO3/c1-6-16-38-35-27(21-10-7-8-11-24(21)31(32,33)34)23-18-25-20(17-22(23)19(2)3)12-13-26-29(25,4)14-9-15-30(26,5)28(36)37/h1,7-8,10-11,17-19,26H,9,12-16H2,2-5H3,(H,36,37)/t26-,29-,30-/m1/s1. The molecular formula is C31H34F3NO3. The van der Waals surface area contributed by atoms with E-state index >= 15 is 0 Å². The minimum Gasteiger partial charge on any atom is -0.481 e. The van der Waals surface area contributed by atoms with Crippen molar-refractivity contribution in [3.05, 3.63) is 69.8 Å². The summed E-state index contributed by atoms with van der Waals surface area (Å²) in [5.74, 6) is 1.42. The van der Waals surface area contributed by atoms with Crippen LogP contribution in [0.25, 0.3) is 0 Å². The van der Waals surface area contributed by atoms with Crippen molar-refractivity contribution < 1.29 is 27.9 Å². The normalized spacial score (nSPS) is 25.3. The molecule has 2 aromatic rings. The van der Waals surface area contributed by atoms with E-state index in [2.05, 4.69) is 24.1 Å². The second kappa shape index (κ2) is 10.1. The van der Waals surface area contributed by atoms with Crippen LogP contribution in [0.1, 0.15) is 92.7 Å². The number of aryl methyl sites for hydroxylation is 1. The van der Waals surface area contributed by atoms with Gasteiger partial charge < -0.3 is 9.94 Å². The molecule has 1 N–H and O–H groups in total. The fraction of sp³-hybridized carbons (Fsp3) is 0.484. The maximum atomic E-state index is 14.1. The number of alkyl halides is 3. The van der Waals surface area contributed by atoms with Gasteiger partial charge >= 0.3 is 12.1 Å². The van der Waals surface area contributed by atoms with E-state index in [4.69, 9.17) is 11.3 Å². The van der Waals surface area contributed by atoms with Crippen molar-refractivity contribution in [2.75, 3.05) is 6.61 Å². The topological polar surface area (TPSA) is 58.9 Å². The highest BCUT2D eigenvalue weighted by molar-refractivity contribution is 6.14. The molecule has 0 bridgehead atoms. The van der Waals surface area contributed by atoms with Crippen LogP contribution in [0, 0.1) is 23.7 Å². The number of hydrogen-bond acceptors (Lipinski definition) is 3. The molecule has 0 unspecified atom stereocenters. The lowest BCUT2D eigenvalue weighted by Crippen LogP contribution is -2.52. The van der Waals surface area contributed by atoms with Crippen molar-refractivity contribution >= 4 is 11.7 Å². The average Bonchev–Trinajstić information content (AvgIpc) is 2.85. The molecule has 0 aliphatic heterocycles. The number of oxime groups is 1. The summed E-state index contributed by atoms with van der Waals surface area (Å²) in [6.45, 7) is 7.76. The first-order valence-corrected chi connectivity index (χ1v) is 13.1. The maximum absolute atomic E-state index is 14.1. The maximum Gasteiger partial charge on any atom is 0.417 e. The lowest BCUT2D eigenvalue weighted by atomic mass is 9.49. The van der Waals surface area contributed by atoms with Crippen molar-refractivity contribution in [3.8, 4) is 12.3 Å². The number of rotatable bonds is 6. The number of aliphatic carboxylic acids is 1. The van der Waals surface area contributed by atoms with Gasteiger partial charge in [0.2, 0.25) is 0 Å². The molecule has 2 aliphatic carbocycles. The summed E-state index contributed by atoms with van der Waals surface area (Å²) < 4.78 is 42.3. The lowest BCUT2D eigenvalue weighted by Gasteiger charge is -2.53. The second-order valence-electron chi connectivity index (χ2n) is 11.3. The summed E-state index contributed by atoms with van der Waals surface area (Å²) in [5.41, 5.74) is 1.41. The molecule has 7 heteroatoms. The molecule has 202 valence electrons. The van der Waals surface area contributed by atoms with Crippen LogP contribution < -0.4 is 0 Å². The van der Waals surface area contributed by atoms with Crippen molar-refractivity contribution in [1.29, 1.82) is 0 Å². The summed E-state index contributed by atoms with van der Waals surface area (Å²) in [5, 5.41) is 14.4. The third-order valence-electron chi connectivity index (χ3n) is 8.68. The summed E-state index contributed by atoms with van der Waals surface area (Å²) in [6.07, 6.45) is 4.39. The zero-order chi connectivity index (χ0) is 27.9. The number of carbonyl (C=O) groups is 1. The quantitative estimate of drug-likeness (QED) is 0.186. The van der Waals surface area contributed by atoms with E-state index in [1.807, 2.05) is 26.8 Å². The highest BCUT2D eigenvalue weighted by Gasteiger charge is 2.55. The van der Waals surface area contributed by atoms with E-state index in [1.165, 1.54) is 12.1 Å². The van der Waals surface area contributed by atoms with Crippen molar-refractivity contribution in [1.82, 2.24) is 0 Å². The fourth-order valence-corrected chi connectivity index (χ4v) is 6.79. The summed E-state index contributed by atoms with van der Waals surface area (Å²) >= 11 is 0. The summed E-state index contributed by atoms with van der Waals surface area (Å²) in [7, 11) is 0. The van der Waals surface area contributed by atoms with E-state index in [1.54, 1.807) is 6.07 Å². The van der Waals surface area contributed by atoms with Crippen LogP contribution in [0.4, 0.5) is 13.2 Å². The first-order valence-electron chi connectivity index (χ1n) is 13.1. The Morgan fingerprint density at radius 2 is 1.92 bits per heavy atom. The van der Waals surface area contributed by atoms with Crippen LogP contribution in [-0.2, 0) is 27.6 Å². The van der Waals surface area contributed by atoms with Gasteiger partial charge in [0.25, 0.3) is 0 Å². The van der Waals surface area contributed by atoms with Crippen LogP contribution in [0.15, 0.2) is 41.6 Å². The Balaban J connectivity index is 1.99. The van der Waals surface area contributed by atoms with Crippen molar-refractivity contribution in [3.63, 3.8) is 0 Å². The van der Waals surface area contributed by atoms with Gasteiger partial charge in [-0.2, -0.15) is 13.2 Å². The molecule has 0 heterocycles. The van der Waals surface area contributed by atoms with Crippen LogP contribution in [0.2, 0.25) is 0 Å². The van der Waals surface area contributed by atoms with Gasteiger partial charge in [-0.1, -0.05) is 62.5 Å². The van der Waals surface area contributed by atoms with E-state index < -0.39 is 28.5 Å². The summed E-state index contributed by atoms with van der Waals surface area (Å²) in [4.78, 5) is 17.7. The number of hydrogen-bond donors (Lipinski definition) is 1. The van der Waals surface area contributed by atoms with Gasteiger partial charge in [-0.05, 0) is 78.7 Å². The van der Waals surface area contributed by atoms with Gasteiger partial charge in [0, 0.05) is 11.1 Å². The Labute approximate surface area is 222 Å². The Morgan fingerprint density at radius 1 is 1.21 bits per heavy atom. The van der Waals surface area contributed by atoms with E-state index in [9.17, 15) is 23.1 Å². The van der Waals surface area contributed by atoms with Gasteiger partial charge in [0.05, 0.1) is 11.0 Å². The monoisotopic (exact) mass is 525 g/mol. The van der Waals surface area contributed by atoms with Crippen LogP contribution in [0.3, 0.4) is 0 Å². The SMILES string of the molecule is C#CCON=C(c1cc2c(cc1C(C)C)CC[C@H]1[C@](C)(C(=O)O)CCC[C@]21C)c1ccccc1C(F)(F)F. The second-order valence-corrected chi connectivity index (χ2v) is 11.3. The number of nitrogens with zero attached hydrogens (tertiary/aromatic N) is 1. The van der Waals surface area contributed by atoms with Gasteiger partial charge in [0.15, 0.2) is 6.61 Å². The Kier molecular flexibility index (Phi) is 7.40. The van der Waals surface area contributed by atoms with E-state index in [-0.39, 0.29) is 29.7 Å². The molecule has 1 fully saturated rings. The van der Waals surface area contributed by atoms with Gasteiger partial charge in [-0.25, -0.2) is 0 Å². The molecule has 3 atom stereocenters. The molecule has 4 rings (SSSR count). The third kappa shape index (κ3) is 4.70. The molecule has 0 aromatic heterocycles. The first kappa shape index (κ1) is 27.8. The molecule has 2 aliphatic rings. The van der Waals surface area contributed by atoms with Crippen molar-refractivity contribution in [2.45, 2.75) is 77.3 Å². The van der Waals surface area contributed by atoms with Crippen LogP contribution in [-0.4, -0.2) is 23.4 Å². The fourth-order valence-electron chi connectivity index (χ4n) is 6.79. The molecule has 38 heavy (non-hydrogen) atoms. The smallest absolute Gasteiger partial charge is 0.417 e. The van der Waals surface area contributed by atoms with Gasteiger partial charge in [-0.15, -0.1) is 6.42 Å². The number of carboxylic acids is 1. The molecule has 0 amide bonds. The number of fused-ring (bicyclic) bond motifs is 3. The summed E-state index contributed by atoms with van der Waals surface area (Å²) in [6, 6.07) is 9.37. The predicted molar refractivity (Wildman–Crippen MR) is 141 cm³/mol. The third-order valence-corrected chi connectivity index (χ3v) is 8.68. The molecule has 2 aromatic carbocycles. The highest BCUT2D eigenvalue weighted by atomic mass is 19.4. The Bertz CT molecular complexity index is 1310. The molecule has 0 spiro atoms. The molecule has 4 nitrogen and oxygen atoms in total. The molecule has 0 saturated heterocycles. The number of carboxylic acid groups (broad SMARTS) is 1. The lowest BCUT2D eigenvalue weighted by molar-refractivity contribution is -0.157.